The third kappa shape index (κ3) is 3.53. The zero-order chi connectivity index (χ0) is 12.9. The highest BCUT2D eigenvalue weighted by Gasteiger charge is 2.44. The summed E-state index contributed by atoms with van der Waals surface area (Å²) in [7, 11) is 0. The molecule has 0 amide bonds. The van der Waals surface area contributed by atoms with Crippen LogP contribution >= 0.6 is 11.8 Å². The molecule has 1 aliphatic rings. The molecular weight excluding hydrogens is 236 g/mol. The van der Waals surface area contributed by atoms with Gasteiger partial charge in [-0.25, -0.2) is 0 Å². The Hall–Kier alpha value is -0.900. The van der Waals surface area contributed by atoms with Gasteiger partial charge in [-0.2, -0.15) is 0 Å². The lowest BCUT2D eigenvalue weighted by molar-refractivity contribution is -0.134. The Labute approximate surface area is 106 Å². The minimum Gasteiger partial charge on any atom is -0.299 e. The number of ketones is 2. The predicted molar refractivity (Wildman–Crippen MR) is 68.9 cm³/mol. The Morgan fingerprint density at radius 3 is 2.47 bits per heavy atom. The third-order valence-electron chi connectivity index (χ3n) is 3.16. The Kier molecular flexibility index (Phi) is 5.12. The largest absolute Gasteiger partial charge is 0.299 e. The SMILES string of the molecule is CCSC(=O)/C=C/CCC1(C)C(=O)CCC1=O. The predicted octanol–water partition coefficient (Wildman–Crippen LogP) is 2.54. The fourth-order valence-electron chi connectivity index (χ4n) is 1.96. The molecule has 1 fully saturated rings. The maximum absolute atomic E-state index is 11.6. The summed E-state index contributed by atoms with van der Waals surface area (Å²) in [5, 5.41) is 0.0294. The van der Waals surface area contributed by atoms with E-state index in [0.29, 0.717) is 25.7 Å². The van der Waals surface area contributed by atoms with E-state index in [1.165, 1.54) is 17.8 Å². The topological polar surface area (TPSA) is 51.2 Å². The van der Waals surface area contributed by atoms with Gasteiger partial charge in [0.2, 0.25) is 5.12 Å². The first-order valence-electron chi connectivity index (χ1n) is 5.90. The number of thioether (sulfide) groups is 1. The Bertz CT molecular complexity index is 342. The Morgan fingerprint density at radius 1 is 1.35 bits per heavy atom. The summed E-state index contributed by atoms with van der Waals surface area (Å²) >= 11 is 1.25. The second-order valence-corrected chi connectivity index (χ2v) is 5.64. The molecule has 3 nitrogen and oxygen atoms in total. The summed E-state index contributed by atoms with van der Waals surface area (Å²) in [5.41, 5.74) is -0.800. The molecule has 0 radical (unpaired) electrons. The van der Waals surface area contributed by atoms with Gasteiger partial charge in [0, 0.05) is 12.8 Å². The van der Waals surface area contributed by atoms with E-state index in [9.17, 15) is 14.4 Å². The van der Waals surface area contributed by atoms with Gasteiger partial charge in [-0.1, -0.05) is 24.8 Å². The van der Waals surface area contributed by atoms with Crippen molar-refractivity contribution >= 4 is 28.4 Å². The summed E-state index contributed by atoms with van der Waals surface area (Å²) in [4.78, 5) is 34.4. The highest BCUT2D eigenvalue weighted by molar-refractivity contribution is 8.14. The van der Waals surface area contributed by atoms with Crippen molar-refractivity contribution in [2.24, 2.45) is 5.41 Å². The standard InChI is InChI=1S/C13H18O3S/c1-3-17-12(16)6-4-5-9-13(2)10(14)7-8-11(13)15/h4,6H,3,5,7-9H2,1-2H3/b6-4+. The quantitative estimate of drug-likeness (QED) is 0.559. The van der Waals surface area contributed by atoms with E-state index in [2.05, 4.69) is 0 Å². The molecule has 0 heterocycles. The van der Waals surface area contributed by atoms with E-state index >= 15 is 0 Å². The molecule has 1 rings (SSSR count). The van der Waals surface area contributed by atoms with Crippen molar-refractivity contribution in [2.45, 2.75) is 39.5 Å². The number of Topliss-reactive ketones (excluding diaryl/α,β-unsaturated/α-hetero) is 2. The Balaban J connectivity index is 2.43. The molecular formula is C13H18O3S. The van der Waals surface area contributed by atoms with Crippen LogP contribution in [-0.2, 0) is 14.4 Å². The molecule has 0 saturated heterocycles. The number of carbonyl (C=O) groups is 3. The number of hydrogen-bond donors (Lipinski definition) is 0. The summed E-state index contributed by atoms with van der Waals surface area (Å²) in [5.74, 6) is 0.855. The lowest BCUT2D eigenvalue weighted by Crippen LogP contribution is -2.28. The fourth-order valence-corrected chi connectivity index (χ4v) is 2.43. The average molecular weight is 254 g/mol. The van der Waals surface area contributed by atoms with Gasteiger partial charge in [-0.05, 0) is 31.6 Å². The zero-order valence-electron chi connectivity index (χ0n) is 10.3. The highest BCUT2D eigenvalue weighted by atomic mass is 32.2. The van der Waals surface area contributed by atoms with Gasteiger partial charge >= 0.3 is 0 Å². The molecule has 4 heteroatoms. The van der Waals surface area contributed by atoms with Crippen LogP contribution in [0, 0.1) is 5.41 Å². The molecule has 1 saturated carbocycles. The van der Waals surface area contributed by atoms with Crippen LogP contribution in [0.4, 0.5) is 0 Å². The van der Waals surface area contributed by atoms with E-state index in [-0.39, 0.29) is 16.7 Å². The van der Waals surface area contributed by atoms with Crippen molar-refractivity contribution in [1.29, 1.82) is 0 Å². The third-order valence-corrected chi connectivity index (χ3v) is 3.87. The van der Waals surface area contributed by atoms with E-state index < -0.39 is 5.41 Å². The van der Waals surface area contributed by atoms with Crippen LogP contribution in [0.3, 0.4) is 0 Å². The van der Waals surface area contributed by atoms with E-state index in [0.717, 1.165) is 5.75 Å². The molecule has 0 aromatic carbocycles. The summed E-state index contributed by atoms with van der Waals surface area (Å²) in [6, 6.07) is 0. The highest BCUT2D eigenvalue weighted by Crippen LogP contribution is 2.35. The monoisotopic (exact) mass is 254 g/mol. The van der Waals surface area contributed by atoms with Gasteiger partial charge in [0.1, 0.15) is 11.6 Å². The first kappa shape index (κ1) is 14.2. The van der Waals surface area contributed by atoms with Crippen molar-refractivity contribution < 1.29 is 14.4 Å². The summed E-state index contributed by atoms with van der Waals surface area (Å²) in [6.07, 6.45) is 5.17. The van der Waals surface area contributed by atoms with Crippen LogP contribution in [0.25, 0.3) is 0 Å². The maximum atomic E-state index is 11.6. The van der Waals surface area contributed by atoms with E-state index in [1.807, 2.05) is 6.92 Å². The molecule has 0 bridgehead atoms. The second-order valence-electron chi connectivity index (χ2n) is 4.37. The van der Waals surface area contributed by atoms with E-state index in [4.69, 9.17) is 0 Å². The average Bonchev–Trinajstić information content (AvgIpc) is 2.54. The molecule has 0 atom stereocenters. The van der Waals surface area contributed by atoms with Gasteiger partial charge in [0.05, 0.1) is 5.41 Å². The normalized spacial score (nSPS) is 19.2. The van der Waals surface area contributed by atoms with Gasteiger partial charge in [-0.15, -0.1) is 0 Å². The first-order valence-corrected chi connectivity index (χ1v) is 6.89. The van der Waals surface area contributed by atoms with Crippen LogP contribution in [-0.4, -0.2) is 22.4 Å². The zero-order valence-corrected chi connectivity index (χ0v) is 11.1. The summed E-state index contributed by atoms with van der Waals surface area (Å²) < 4.78 is 0. The summed E-state index contributed by atoms with van der Waals surface area (Å²) in [6.45, 7) is 3.65. The minimum atomic E-state index is -0.800. The van der Waals surface area contributed by atoms with Crippen LogP contribution < -0.4 is 0 Å². The van der Waals surface area contributed by atoms with Gasteiger partial charge in [0.25, 0.3) is 0 Å². The maximum Gasteiger partial charge on any atom is 0.211 e. The molecule has 0 aromatic rings. The van der Waals surface area contributed by atoms with Crippen LogP contribution in [0.2, 0.25) is 0 Å². The number of rotatable bonds is 5. The smallest absolute Gasteiger partial charge is 0.211 e. The first-order chi connectivity index (χ1) is 8.00. The lowest BCUT2D eigenvalue weighted by atomic mass is 9.82. The number of allylic oxidation sites excluding steroid dienone is 1. The molecule has 94 valence electrons. The molecule has 0 N–H and O–H groups in total. The fraction of sp³-hybridized carbons (Fsp3) is 0.615. The Morgan fingerprint density at radius 2 is 1.94 bits per heavy atom. The minimum absolute atomic E-state index is 0.0294. The van der Waals surface area contributed by atoms with Gasteiger partial charge in [-0.3, -0.25) is 14.4 Å². The molecule has 0 aromatic heterocycles. The molecule has 17 heavy (non-hydrogen) atoms. The number of carbonyl (C=O) groups excluding carboxylic acids is 3. The van der Waals surface area contributed by atoms with Gasteiger partial charge < -0.3 is 0 Å². The van der Waals surface area contributed by atoms with Crippen LogP contribution in [0.1, 0.15) is 39.5 Å². The van der Waals surface area contributed by atoms with Crippen molar-refractivity contribution in [1.82, 2.24) is 0 Å². The van der Waals surface area contributed by atoms with Crippen LogP contribution in [0.5, 0.6) is 0 Å². The van der Waals surface area contributed by atoms with Crippen LogP contribution in [0.15, 0.2) is 12.2 Å². The van der Waals surface area contributed by atoms with Crippen molar-refractivity contribution in [3.63, 3.8) is 0 Å². The number of hydrogen-bond acceptors (Lipinski definition) is 4. The van der Waals surface area contributed by atoms with Gasteiger partial charge in [0.15, 0.2) is 0 Å². The molecule has 0 unspecified atom stereocenters. The lowest BCUT2D eigenvalue weighted by Gasteiger charge is -2.18. The van der Waals surface area contributed by atoms with Crippen molar-refractivity contribution in [3.05, 3.63) is 12.2 Å². The second kappa shape index (κ2) is 6.15. The molecule has 0 aliphatic heterocycles. The van der Waals surface area contributed by atoms with Crippen molar-refractivity contribution in [3.8, 4) is 0 Å². The molecule has 1 aliphatic carbocycles. The molecule has 0 spiro atoms. The van der Waals surface area contributed by atoms with Crippen molar-refractivity contribution in [2.75, 3.05) is 5.75 Å². The van der Waals surface area contributed by atoms with E-state index in [1.54, 1.807) is 13.0 Å².